The first-order valence-electron chi connectivity index (χ1n) is 9.71. The van der Waals surface area contributed by atoms with Gasteiger partial charge in [0.15, 0.2) is 11.5 Å². The molecule has 1 aromatic rings. The third kappa shape index (κ3) is 2.44. The van der Waals surface area contributed by atoms with Gasteiger partial charge in [0.2, 0.25) is 12.7 Å². The predicted octanol–water partition coefficient (Wildman–Crippen LogP) is 2.77. The van der Waals surface area contributed by atoms with Crippen molar-refractivity contribution >= 4 is 5.91 Å². The van der Waals surface area contributed by atoms with Crippen LogP contribution in [0.2, 0.25) is 0 Å². The predicted molar refractivity (Wildman–Crippen MR) is 98.3 cm³/mol. The van der Waals surface area contributed by atoms with Gasteiger partial charge in [-0.1, -0.05) is 11.6 Å². The van der Waals surface area contributed by atoms with E-state index in [-0.39, 0.29) is 5.91 Å². The summed E-state index contributed by atoms with van der Waals surface area (Å²) in [5, 5.41) is 0. The Kier molecular flexibility index (Phi) is 3.74. The summed E-state index contributed by atoms with van der Waals surface area (Å²) in [6.45, 7) is 7.42. The minimum atomic E-state index is 0.178. The van der Waals surface area contributed by atoms with Crippen molar-refractivity contribution in [1.82, 2.24) is 9.80 Å². The number of likely N-dealkylation sites (tertiary alicyclic amines) is 1. The van der Waals surface area contributed by atoms with Crippen molar-refractivity contribution in [2.24, 2.45) is 5.92 Å². The summed E-state index contributed by atoms with van der Waals surface area (Å²) in [5.41, 5.74) is 2.34. The molecule has 26 heavy (non-hydrogen) atoms. The maximum Gasteiger partial charge on any atom is 0.246 e. The number of piperidine rings is 3. The van der Waals surface area contributed by atoms with Gasteiger partial charge in [-0.2, -0.15) is 0 Å². The molecule has 1 aromatic carbocycles. The van der Waals surface area contributed by atoms with Gasteiger partial charge in [-0.05, 0) is 63.4 Å². The molecule has 6 rings (SSSR count). The van der Waals surface area contributed by atoms with Crippen LogP contribution in [0.4, 0.5) is 0 Å². The number of nitrogens with zero attached hydrogens (tertiary/aromatic N) is 2. The zero-order valence-corrected chi connectivity index (χ0v) is 15.5. The molecule has 138 valence electrons. The second-order valence-electron chi connectivity index (χ2n) is 8.29. The molecule has 0 saturated carbocycles. The lowest BCUT2D eigenvalue weighted by atomic mass is 9.75. The van der Waals surface area contributed by atoms with Crippen LogP contribution in [0.15, 0.2) is 29.8 Å². The van der Waals surface area contributed by atoms with Gasteiger partial charge < -0.3 is 14.4 Å². The number of rotatable bonds is 2. The van der Waals surface area contributed by atoms with E-state index in [0.717, 1.165) is 36.7 Å². The Morgan fingerprint density at radius 2 is 1.88 bits per heavy atom. The van der Waals surface area contributed by atoms with Crippen molar-refractivity contribution in [3.8, 4) is 11.5 Å². The molecule has 0 spiro atoms. The van der Waals surface area contributed by atoms with Crippen LogP contribution in [0.1, 0.15) is 38.2 Å². The van der Waals surface area contributed by atoms with Crippen LogP contribution in [-0.2, 0) is 4.79 Å². The van der Waals surface area contributed by atoms with Gasteiger partial charge in [-0.15, -0.1) is 0 Å². The fraction of sp³-hybridized carbons (Fsp3) is 0.571. The maximum atomic E-state index is 12.9. The number of fused-ring (bicyclic) bond motifs is 3. The molecule has 5 heteroatoms. The topological polar surface area (TPSA) is 42.0 Å². The van der Waals surface area contributed by atoms with Crippen LogP contribution in [0, 0.1) is 5.92 Å². The van der Waals surface area contributed by atoms with Crippen LogP contribution in [0.3, 0.4) is 0 Å². The molecule has 0 aromatic heterocycles. The molecule has 2 bridgehead atoms. The van der Waals surface area contributed by atoms with E-state index in [4.69, 9.17) is 9.47 Å². The van der Waals surface area contributed by atoms with Crippen molar-refractivity contribution in [2.75, 3.05) is 26.4 Å². The third-order valence-corrected chi connectivity index (χ3v) is 6.51. The number of benzene rings is 1. The van der Waals surface area contributed by atoms with Gasteiger partial charge in [-0.3, -0.25) is 9.69 Å². The van der Waals surface area contributed by atoms with E-state index in [2.05, 4.69) is 21.9 Å². The van der Waals surface area contributed by atoms with Crippen LogP contribution in [0.25, 0.3) is 0 Å². The zero-order chi connectivity index (χ0) is 17.8. The molecule has 5 aliphatic heterocycles. The quantitative estimate of drug-likeness (QED) is 0.766. The molecule has 4 saturated heterocycles. The first-order valence-corrected chi connectivity index (χ1v) is 9.71. The van der Waals surface area contributed by atoms with Crippen molar-refractivity contribution in [1.29, 1.82) is 0 Å². The van der Waals surface area contributed by atoms with E-state index in [1.54, 1.807) is 6.08 Å². The molecule has 3 atom stereocenters. The summed E-state index contributed by atoms with van der Waals surface area (Å²) >= 11 is 0. The number of ether oxygens (including phenoxy) is 2. The van der Waals surface area contributed by atoms with Gasteiger partial charge in [0.1, 0.15) is 0 Å². The Morgan fingerprint density at radius 1 is 1.12 bits per heavy atom. The van der Waals surface area contributed by atoms with Crippen LogP contribution >= 0.6 is 0 Å². The Labute approximate surface area is 154 Å². The molecule has 5 aliphatic rings. The normalized spacial score (nSPS) is 33.9. The van der Waals surface area contributed by atoms with E-state index in [9.17, 15) is 4.79 Å². The number of hydrogen-bond donors (Lipinski definition) is 0. The minimum absolute atomic E-state index is 0.178. The highest BCUT2D eigenvalue weighted by molar-refractivity contribution is 5.89. The summed E-state index contributed by atoms with van der Waals surface area (Å²) in [5.74, 6) is 2.82. The monoisotopic (exact) mass is 354 g/mol. The largest absolute Gasteiger partial charge is 0.454 e. The summed E-state index contributed by atoms with van der Waals surface area (Å²) in [6.07, 6.45) is 4.23. The molecule has 0 N–H and O–H groups in total. The lowest BCUT2D eigenvalue weighted by molar-refractivity contribution is -0.130. The second-order valence-corrected chi connectivity index (χ2v) is 8.29. The maximum absolute atomic E-state index is 12.9. The second kappa shape index (κ2) is 6.02. The smallest absolute Gasteiger partial charge is 0.246 e. The van der Waals surface area contributed by atoms with Crippen LogP contribution in [-0.4, -0.2) is 54.2 Å². The molecule has 4 fully saturated rings. The number of carbonyl (C=O) groups is 1. The number of hydrogen-bond acceptors (Lipinski definition) is 4. The highest BCUT2D eigenvalue weighted by Gasteiger charge is 2.54. The number of carbonyl (C=O) groups excluding carboxylic acids is 1. The van der Waals surface area contributed by atoms with Crippen molar-refractivity contribution < 1.29 is 14.3 Å². The third-order valence-electron chi connectivity index (χ3n) is 6.51. The van der Waals surface area contributed by atoms with Crippen molar-refractivity contribution in [2.45, 2.75) is 44.7 Å². The van der Waals surface area contributed by atoms with Crippen LogP contribution < -0.4 is 9.47 Å². The molecule has 5 nitrogen and oxygen atoms in total. The standard InChI is InChI=1S/C21H26N2O3/c1-13(2)9-19(24)23-11-16(15-3-4-17-18(10-15)26-12-25-17)21-20(23)14-5-7-22(21)8-6-14/h3-4,9-10,14,16,20-21H,5-8,11-12H2,1-2H3/t16-,20+,21+/m0/s1. The lowest BCUT2D eigenvalue weighted by Crippen LogP contribution is -2.60. The van der Waals surface area contributed by atoms with E-state index < -0.39 is 0 Å². The molecule has 0 aliphatic carbocycles. The van der Waals surface area contributed by atoms with Gasteiger partial charge in [0.25, 0.3) is 0 Å². The van der Waals surface area contributed by atoms with Gasteiger partial charge in [0, 0.05) is 24.6 Å². The number of allylic oxidation sites excluding steroid dienone is 1. The van der Waals surface area contributed by atoms with Gasteiger partial charge >= 0.3 is 0 Å². The summed E-state index contributed by atoms with van der Waals surface area (Å²) in [4.78, 5) is 17.7. The first-order chi connectivity index (χ1) is 12.6. The van der Waals surface area contributed by atoms with E-state index >= 15 is 0 Å². The average molecular weight is 354 g/mol. The Balaban J connectivity index is 1.52. The Bertz CT molecular complexity index is 763. The van der Waals surface area contributed by atoms with E-state index in [1.165, 1.54) is 18.4 Å². The Hall–Kier alpha value is -2.01. The molecule has 5 heterocycles. The Morgan fingerprint density at radius 3 is 2.65 bits per heavy atom. The molecule has 1 amide bonds. The number of amides is 1. The van der Waals surface area contributed by atoms with Crippen LogP contribution in [0.5, 0.6) is 11.5 Å². The minimum Gasteiger partial charge on any atom is -0.454 e. The molecule has 0 unspecified atom stereocenters. The molecule has 0 radical (unpaired) electrons. The highest BCUT2D eigenvalue weighted by Crippen LogP contribution is 2.48. The first kappa shape index (κ1) is 16.2. The fourth-order valence-corrected chi connectivity index (χ4v) is 5.44. The summed E-state index contributed by atoms with van der Waals surface area (Å²) < 4.78 is 11.1. The SMILES string of the molecule is CC(C)=CC(=O)N1C[C@@H](c2ccc3c(c2)OCO3)[C@@H]2[C@H]1C1CCN2CC1. The molecular weight excluding hydrogens is 328 g/mol. The lowest BCUT2D eigenvalue weighted by Gasteiger charge is -2.51. The zero-order valence-electron chi connectivity index (χ0n) is 15.5. The average Bonchev–Trinajstić information content (AvgIpc) is 3.27. The van der Waals surface area contributed by atoms with Crippen molar-refractivity contribution in [3.05, 3.63) is 35.4 Å². The van der Waals surface area contributed by atoms with E-state index in [0.29, 0.717) is 30.7 Å². The fourth-order valence-electron chi connectivity index (χ4n) is 5.44. The van der Waals surface area contributed by atoms with E-state index in [1.807, 2.05) is 19.9 Å². The highest BCUT2D eigenvalue weighted by atomic mass is 16.7. The molecular formula is C21H26N2O3. The van der Waals surface area contributed by atoms with Crippen molar-refractivity contribution in [3.63, 3.8) is 0 Å². The summed E-state index contributed by atoms with van der Waals surface area (Å²) in [7, 11) is 0. The summed E-state index contributed by atoms with van der Waals surface area (Å²) in [6, 6.07) is 7.08. The van der Waals surface area contributed by atoms with Gasteiger partial charge in [0.05, 0.1) is 6.04 Å². The van der Waals surface area contributed by atoms with Gasteiger partial charge in [-0.25, -0.2) is 0 Å².